The summed E-state index contributed by atoms with van der Waals surface area (Å²) in [6, 6.07) is 0.412. The smallest absolute Gasteiger partial charge is 0.0161 e. The van der Waals surface area contributed by atoms with Crippen LogP contribution < -0.4 is 5.73 Å². The second-order valence-corrected chi connectivity index (χ2v) is 8.05. The first-order valence-corrected chi connectivity index (χ1v) is 7.82. The van der Waals surface area contributed by atoms with Crippen LogP contribution in [-0.2, 0) is 0 Å². The fraction of sp³-hybridized carbons (Fsp3) is 1.00. The lowest BCUT2D eigenvalue weighted by atomic mass is 9.75. The molecule has 1 saturated carbocycles. The van der Waals surface area contributed by atoms with E-state index in [1.54, 1.807) is 0 Å². The third-order valence-electron chi connectivity index (χ3n) is 3.75. The Kier molecular flexibility index (Phi) is 5.66. The van der Waals surface area contributed by atoms with Crippen LogP contribution in [0.3, 0.4) is 0 Å². The van der Waals surface area contributed by atoms with Crippen molar-refractivity contribution in [3.05, 3.63) is 0 Å². The summed E-state index contributed by atoms with van der Waals surface area (Å²) in [5.74, 6) is 2.81. The lowest BCUT2D eigenvalue weighted by Crippen LogP contribution is -2.39. The van der Waals surface area contributed by atoms with Gasteiger partial charge in [0, 0.05) is 16.5 Å². The summed E-state index contributed by atoms with van der Waals surface area (Å²) in [4.78, 5) is 0. The van der Waals surface area contributed by atoms with E-state index < -0.39 is 0 Å². The molecule has 0 saturated heterocycles. The van der Waals surface area contributed by atoms with Gasteiger partial charge in [0.1, 0.15) is 0 Å². The van der Waals surface area contributed by atoms with Crippen molar-refractivity contribution >= 4 is 11.8 Å². The second-order valence-electron chi connectivity index (χ2n) is 6.20. The first-order valence-electron chi connectivity index (χ1n) is 6.83. The molecule has 0 bridgehead atoms. The summed E-state index contributed by atoms with van der Waals surface area (Å²) >= 11 is 2.02. The predicted octanol–water partition coefficient (Wildman–Crippen LogP) is 4.06. The van der Waals surface area contributed by atoms with Gasteiger partial charge in [-0.1, -0.05) is 53.4 Å². The van der Waals surface area contributed by atoms with Gasteiger partial charge in [-0.05, 0) is 18.3 Å². The Hall–Kier alpha value is 0.310. The Morgan fingerprint density at radius 2 is 1.88 bits per heavy atom. The zero-order valence-electron chi connectivity index (χ0n) is 11.5. The van der Waals surface area contributed by atoms with E-state index in [1.165, 1.54) is 32.1 Å². The van der Waals surface area contributed by atoms with Gasteiger partial charge in [-0.3, -0.25) is 0 Å². The summed E-state index contributed by atoms with van der Waals surface area (Å²) in [7, 11) is 0. The molecule has 1 aliphatic carbocycles. The van der Waals surface area contributed by atoms with Gasteiger partial charge >= 0.3 is 0 Å². The van der Waals surface area contributed by atoms with E-state index in [0.29, 0.717) is 10.8 Å². The van der Waals surface area contributed by atoms with Gasteiger partial charge in [0.2, 0.25) is 0 Å². The van der Waals surface area contributed by atoms with E-state index in [1.807, 2.05) is 11.8 Å². The third-order valence-corrected chi connectivity index (χ3v) is 5.17. The van der Waals surface area contributed by atoms with E-state index in [2.05, 4.69) is 27.7 Å². The van der Waals surface area contributed by atoms with Crippen LogP contribution in [0.4, 0.5) is 0 Å². The Morgan fingerprint density at radius 1 is 1.25 bits per heavy atom. The minimum Gasteiger partial charge on any atom is -0.327 e. The number of hydrogen-bond acceptors (Lipinski definition) is 2. The van der Waals surface area contributed by atoms with Gasteiger partial charge in [0.05, 0.1) is 0 Å². The van der Waals surface area contributed by atoms with Crippen molar-refractivity contribution in [2.24, 2.45) is 17.6 Å². The maximum atomic E-state index is 6.40. The molecule has 2 heteroatoms. The average Bonchev–Trinajstić information content (AvgIpc) is 2.25. The van der Waals surface area contributed by atoms with Crippen molar-refractivity contribution in [1.29, 1.82) is 0 Å². The SMILES string of the molecule is CCC1CCCCC1C(N)CSC(C)(C)C. The molecule has 96 valence electrons. The molecule has 0 aromatic heterocycles. The Balaban J connectivity index is 2.41. The maximum Gasteiger partial charge on any atom is 0.0161 e. The van der Waals surface area contributed by atoms with Crippen LogP contribution in [0, 0.1) is 11.8 Å². The molecular formula is C14H29NS. The lowest BCUT2D eigenvalue weighted by molar-refractivity contribution is 0.204. The highest BCUT2D eigenvalue weighted by atomic mass is 32.2. The molecule has 3 unspecified atom stereocenters. The fourth-order valence-corrected chi connectivity index (χ4v) is 3.72. The quantitative estimate of drug-likeness (QED) is 0.806. The molecule has 0 aromatic rings. The van der Waals surface area contributed by atoms with Crippen molar-refractivity contribution < 1.29 is 0 Å². The molecule has 16 heavy (non-hydrogen) atoms. The monoisotopic (exact) mass is 243 g/mol. The predicted molar refractivity (Wildman–Crippen MR) is 75.9 cm³/mol. The first-order chi connectivity index (χ1) is 7.44. The van der Waals surface area contributed by atoms with E-state index in [4.69, 9.17) is 5.73 Å². The van der Waals surface area contributed by atoms with Crippen molar-refractivity contribution in [2.45, 2.75) is 70.6 Å². The molecule has 0 radical (unpaired) electrons. The zero-order chi connectivity index (χ0) is 12.2. The minimum absolute atomic E-state index is 0.355. The van der Waals surface area contributed by atoms with Crippen molar-refractivity contribution in [3.63, 3.8) is 0 Å². The van der Waals surface area contributed by atoms with Crippen LogP contribution >= 0.6 is 11.8 Å². The van der Waals surface area contributed by atoms with Gasteiger partial charge < -0.3 is 5.73 Å². The van der Waals surface area contributed by atoms with Gasteiger partial charge in [0.25, 0.3) is 0 Å². The lowest BCUT2D eigenvalue weighted by Gasteiger charge is -2.36. The molecule has 0 spiro atoms. The number of nitrogens with two attached hydrogens (primary N) is 1. The van der Waals surface area contributed by atoms with Gasteiger partial charge in [0.15, 0.2) is 0 Å². The highest BCUT2D eigenvalue weighted by Gasteiger charge is 2.29. The normalized spacial score (nSPS) is 29.1. The summed E-state index contributed by atoms with van der Waals surface area (Å²) in [6.07, 6.45) is 6.92. The highest BCUT2D eigenvalue weighted by Crippen LogP contribution is 2.35. The van der Waals surface area contributed by atoms with Crippen LogP contribution in [0.2, 0.25) is 0 Å². The average molecular weight is 243 g/mol. The topological polar surface area (TPSA) is 26.0 Å². The van der Waals surface area contributed by atoms with Crippen molar-refractivity contribution in [2.75, 3.05) is 5.75 Å². The molecule has 3 atom stereocenters. The molecule has 1 nitrogen and oxygen atoms in total. The molecule has 1 fully saturated rings. The number of rotatable bonds is 4. The number of thioether (sulfide) groups is 1. The third kappa shape index (κ3) is 4.67. The molecule has 0 aliphatic heterocycles. The Bertz CT molecular complexity index is 197. The summed E-state index contributed by atoms with van der Waals surface area (Å²) in [5.41, 5.74) is 6.40. The summed E-state index contributed by atoms with van der Waals surface area (Å²) in [5, 5.41) is 0. The Labute approximate surface area is 106 Å². The summed E-state index contributed by atoms with van der Waals surface area (Å²) in [6.45, 7) is 9.17. The molecule has 0 heterocycles. The van der Waals surface area contributed by atoms with Crippen LogP contribution in [0.25, 0.3) is 0 Å². The second kappa shape index (κ2) is 6.30. The van der Waals surface area contributed by atoms with Crippen LogP contribution in [0.15, 0.2) is 0 Å². The van der Waals surface area contributed by atoms with E-state index in [0.717, 1.165) is 17.6 Å². The first kappa shape index (κ1) is 14.4. The van der Waals surface area contributed by atoms with E-state index >= 15 is 0 Å². The van der Waals surface area contributed by atoms with Gasteiger partial charge in [-0.2, -0.15) is 11.8 Å². The van der Waals surface area contributed by atoms with Crippen molar-refractivity contribution in [3.8, 4) is 0 Å². The standard InChI is InChI=1S/C14H29NS/c1-5-11-8-6-7-9-12(11)13(15)10-16-14(2,3)4/h11-13H,5-10,15H2,1-4H3. The van der Waals surface area contributed by atoms with E-state index in [9.17, 15) is 0 Å². The number of hydrogen-bond donors (Lipinski definition) is 1. The minimum atomic E-state index is 0.355. The largest absolute Gasteiger partial charge is 0.327 e. The molecule has 1 rings (SSSR count). The fourth-order valence-electron chi connectivity index (χ4n) is 2.78. The maximum absolute atomic E-state index is 6.40. The molecule has 0 aromatic carbocycles. The van der Waals surface area contributed by atoms with Crippen LogP contribution in [-0.4, -0.2) is 16.5 Å². The molecule has 1 aliphatic rings. The zero-order valence-corrected chi connectivity index (χ0v) is 12.3. The molecule has 0 amide bonds. The van der Waals surface area contributed by atoms with Crippen LogP contribution in [0.1, 0.15) is 59.8 Å². The van der Waals surface area contributed by atoms with E-state index in [-0.39, 0.29) is 0 Å². The Morgan fingerprint density at radius 3 is 2.44 bits per heavy atom. The molecule has 2 N–H and O–H groups in total. The van der Waals surface area contributed by atoms with Gasteiger partial charge in [-0.15, -0.1) is 0 Å². The van der Waals surface area contributed by atoms with Crippen LogP contribution in [0.5, 0.6) is 0 Å². The summed E-state index contributed by atoms with van der Waals surface area (Å²) < 4.78 is 0.355. The van der Waals surface area contributed by atoms with Crippen molar-refractivity contribution in [1.82, 2.24) is 0 Å². The van der Waals surface area contributed by atoms with Gasteiger partial charge in [-0.25, -0.2) is 0 Å². The highest BCUT2D eigenvalue weighted by molar-refractivity contribution is 8.00. The molecular weight excluding hydrogens is 214 g/mol.